The van der Waals surface area contributed by atoms with E-state index in [9.17, 15) is 9.59 Å². The summed E-state index contributed by atoms with van der Waals surface area (Å²) in [5.41, 5.74) is 4.73. The Morgan fingerprint density at radius 3 is 2.10 bits per heavy atom. The molecule has 0 spiro atoms. The topological polar surface area (TPSA) is 64.7 Å². The van der Waals surface area contributed by atoms with Crippen molar-refractivity contribution >= 4 is 23.3 Å². The van der Waals surface area contributed by atoms with Crippen molar-refractivity contribution in [2.75, 3.05) is 36.4 Å². The fraction of sp³-hybridized carbons (Fsp3) is 0.394. The molecule has 0 aliphatic carbocycles. The molecular formula is C33H40N4O2. The van der Waals surface area contributed by atoms with Gasteiger partial charge < -0.3 is 20.4 Å². The van der Waals surface area contributed by atoms with Crippen LogP contribution in [0.1, 0.15) is 54.1 Å². The normalized spacial score (nSPS) is 16.6. The first-order chi connectivity index (χ1) is 19.0. The van der Waals surface area contributed by atoms with Gasteiger partial charge in [0.2, 0.25) is 0 Å². The number of carbonyl (C=O) groups excluding carboxylic acids is 2. The fourth-order valence-corrected chi connectivity index (χ4v) is 5.72. The number of piperidine rings is 2. The average molecular weight is 525 g/mol. The smallest absolute Gasteiger partial charge is 0.319 e. The van der Waals surface area contributed by atoms with Crippen molar-refractivity contribution in [2.24, 2.45) is 11.8 Å². The quantitative estimate of drug-likeness (QED) is 0.379. The van der Waals surface area contributed by atoms with Crippen molar-refractivity contribution in [3.63, 3.8) is 0 Å². The molecule has 0 aromatic heterocycles. The van der Waals surface area contributed by atoms with Crippen molar-refractivity contribution in [1.29, 1.82) is 0 Å². The van der Waals surface area contributed by atoms with E-state index in [-0.39, 0.29) is 11.9 Å². The van der Waals surface area contributed by atoms with Gasteiger partial charge in [-0.15, -0.1) is 0 Å². The van der Waals surface area contributed by atoms with Crippen molar-refractivity contribution in [1.82, 2.24) is 10.2 Å². The van der Waals surface area contributed by atoms with Crippen LogP contribution in [0.15, 0.2) is 78.9 Å². The number of amides is 3. The summed E-state index contributed by atoms with van der Waals surface area (Å²) >= 11 is 0. The van der Waals surface area contributed by atoms with Crippen LogP contribution in [0, 0.1) is 11.8 Å². The van der Waals surface area contributed by atoms with E-state index in [0.29, 0.717) is 29.6 Å². The molecule has 0 radical (unpaired) electrons. The molecule has 0 atom stereocenters. The number of likely N-dealkylation sites (tertiary alicyclic amines) is 1. The maximum atomic E-state index is 13.8. The van der Waals surface area contributed by atoms with Gasteiger partial charge in [0.25, 0.3) is 5.91 Å². The molecule has 3 aromatic carbocycles. The third kappa shape index (κ3) is 7.20. The minimum absolute atomic E-state index is 0.0663. The molecule has 2 aliphatic heterocycles. The summed E-state index contributed by atoms with van der Waals surface area (Å²) in [5, 5.41) is 5.85. The molecule has 6 heteroatoms. The summed E-state index contributed by atoms with van der Waals surface area (Å²) in [6.45, 7) is 6.13. The highest BCUT2D eigenvalue weighted by atomic mass is 16.2. The first kappa shape index (κ1) is 26.8. The van der Waals surface area contributed by atoms with Crippen molar-refractivity contribution in [3.8, 4) is 0 Å². The molecule has 0 unspecified atom stereocenters. The first-order valence-electron chi connectivity index (χ1n) is 14.4. The molecule has 204 valence electrons. The number of benzene rings is 3. The average Bonchev–Trinajstić information content (AvgIpc) is 2.98. The lowest BCUT2D eigenvalue weighted by Crippen LogP contribution is -2.40. The Bertz CT molecular complexity index is 1230. The van der Waals surface area contributed by atoms with Gasteiger partial charge in [-0.1, -0.05) is 67.6 Å². The first-order valence-corrected chi connectivity index (χ1v) is 14.4. The lowest BCUT2D eigenvalue weighted by molar-refractivity contribution is 0.0697. The third-order valence-electron chi connectivity index (χ3n) is 8.17. The van der Waals surface area contributed by atoms with Gasteiger partial charge in [0.1, 0.15) is 0 Å². The van der Waals surface area contributed by atoms with Crippen molar-refractivity contribution in [2.45, 2.75) is 45.6 Å². The molecule has 3 amide bonds. The van der Waals surface area contributed by atoms with Gasteiger partial charge in [-0.3, -0.25) is 4.79 Å². The van der Waals surface area contributed by atoms with Gasteiger partial charge in [0, 0.05) is 44.1 Å². The number of urea groups is 1. The number of nitrogens with one attached hydrogen (secondary N) is 2. The molecule has 0 saturated carbocycles. The second-order valence-electron chi connectivity index (χ2n) is 11.1. The zero-order valence-corrected chi connectivity index (χ0v) is 22.9. The molecule has 0 bridgehead atoms. The van der Waals surface area contributed by atoms with Crippen LogP contribution in [0.2, 0.25) is 0 Å². The fourth-order valence-electron chi connectivity index (χ4n) is 5.72. The number of carbonyl (C=O) groups is 2. The highest BCUT2D eigenvalue weighted by molar-refractivity contribution is 6.02. The van der Waals surface area contributed by atoms with Crippen LogP contribution in [-0.2, 0) is 13.0 Å². The highest BCUT2D eigenvalue weighted by Gasteiger charge is 2.27. The Morgan fingerprint density at radius 2 is 1.44 bits per heavy atom. The number of hydrogen-bond donors (Lipinski definition) is 2. The standard InChI is InChI=1S/C33H40N4O2/c1-25-14-18-37(19-15-25)32(38)30-23-29(35-33(39)34-24-28-10-6-3-7-11-28)12-13-31(30)36-20-16-27(17-21-36)22-26-8-4-2-5-9-26/h2-13,23,25,27H,14-22,24H2,1H3,(H2,34,35,39). The van der Waals surface area contributed by atoms with E-state index in [2.05, 4.69) is 52.8 Å². The van der Waals surface area contributed by atoms with E-state index in [4.69, 9.17) is 0 Å². The lowest BCUT2D eigenvalue weighted by Gasteiger charge is -2.36. The molecule has 6 nitrogen and oxygen atoms in total. The number of anilines is 2. The Morgan fingerprint density at radius 1 is 0.795 bits per heavy atom. The van der Waals surface area contributed by atoms with E-state index < -0.39 is 0 Å². The van der Waals surface area contributed by atoms with E-state index in [1.807, 2.05) is 53.4 Å². The van der Waals surface area contributed by atoms with Gasteiger partial charge >= 0.3 is 6.03 Å². The van der Waals surface area contributed by atoms with Crippen LogP contribution in [0.4, 0.5) is 16.2 Å². The second kappa shape index (κ2) is 12.8. The summed E-state index contributed by atoms with van der Waals surface area (Å²) in [4.78, 5) is 30.8. The van der Waals surface area contributed by atoms with Crippen LogP contribution < -0.4 is 15.5 Å². The predicted octanol–water partition coefficient (Wildman–Crippen LogP) is 6.34. The van der Waals surface area contributed by atoms with Gasteiger partial charge in [-0.25, -0.2) is 4.79 Å². The summed E-state index contributed by atoms with van der Waals surface area (Å²) < 4.78 is 0. The summed E-state index contributed by atoms with van der Waals surface area (Å²) in [7, 11) is 0. The van der Waals surface area contributed by atoms with Crippen LogP contribution in [0.3, 0.4) is 0 Å². The maximum absolute atomic E-state index is 13.8. The Labute approximate surface area is 232 Å². The van der Waals surface area contributed by atoms with Crippen LogP contribution in [-0.4, -0.2) is 43.0 Å². The maximum Gasteiger partial charge on any atom is 0.319 e. The number of nitrogens with zero attached hydrogens (tertiary/aromatic N) is 2. The molecule has 2 fully saturated rings. The van der Waals surface area contributed by atoms with Crippen LogP contribution >= 0.6 is 0 Å². The zero-order valence-electron chi connectivity index (χ0n) is 22.9. The minimum Gasteiger partial charge on any atom is -0.371 e. The Hall–Kier alpha value is -3.80. The molecule has 3 aromatic rings. The summed E-state index contributed by atoms with van der Waals surface area (Å²) in [6.07, 6.45) is 5.38. The van der Waals surface area contributed by atoms with Gasteiger partial charge in [-0.05, 0) is 73.3 Å². The van der Waals surface area contributed by atoms with E-state index in [0.717, 1.165) is 69.5 Å². The monoisotopic (exact) mass is 524 g/mol. The van der Waals surface area contributed by atoms with E-state index in [1.165, 1.54) is 5.56 Å². The SMILES string of the molecule is CC1CCN(C(=O)c2cc(NC(=O)NCc3ccccc3)ccc2N2CCC(Cc3ccccc3)CC2)CC1. The molecule has 2 heterocycles. The van der Waals surface area contributed by atoms with Gasteiger partial charge in [0.15, 0.2) is 0 Å². The third-order valence-corrected chi connectivity index (χ3v) is 8.17. The molecule has 2 N–H and O–H groups in total. The molecule has 2 saturated heterocycles. The van der Waals surface area contributed by atoms with Crippen molar-refractivity contribution < 1.29 is 9.59 Å². The number of rotatable bonds is 7. The summed E-state index contributed by atoms with van der Waals surface area (Å²) in [6, 6.07) is 26.1. The van der Waals surface area contributed by atoms with Crippen LogP contribution in [0.25, 0.3) is 0 Å². The van der Waals surface area contributed by atoms with Crippen LogP contribution in [0.5, 0.6) is 0 Å². The highest BCUT2D eigenvalue weighted by Crippen LogP contribution is 2.32. The van der Waals surface area contributed by atoms with Gasteiger partial charge in [-0.2, -0.15) is 0 Å². The van der Waals surface area contributed by atoms with E-state index >= 15 is 0 Å². The number of hydrogen-bond acceptors (Lipinski definition) is 3. The minimum atomic E-state index is -0.279. The predicted molar refractivity (Wildman–Crippen MR) is 158 cm³/mol. The Balaban J connectivity index is 1.28. The largest absolute Gasteiger partial charge is 0.371 e. The van der Waals surface area contributed by atoms with Crippen molar-refractivity contribution in [3.05, 3.63) is 95.6 Å². The molecule has 2 aliphatic rings. The molecular weight excluding hydrogens is 484 g/mol. The summed E-state index contributed by atoms with van der Waals surface area (Å²) in [5.74, 6) is 1.37. The zero-order chi connectivity index (χ0) is 27.0. The molecule has 5 rings (SSSR count). The second-order valence-corrected chi connectivity index (χ2v) is 11.1. The lowest BCUT2D eigenvalue weighted by atomic mass is 9.89. The molecule has 39 heavy (non-hydrogen) atoms. The van der Waals surface area contributed by atoms with E-state index in [1.54, 1.807) is 0 Å². The Kier molecular flexibility index (Phi) is 8.82. The van der Waals surface area contributed by atoms with Gasteiger partial charge in [0.05, 0.1) is 5.56 Å².